The van der Waals surface area contributed by atoms with Crippen LogP contribution in [0, 0.1) is 6.92 Å². The average molecular weight is 338 g/mol. The molecule has 0 amide bonds. The average Bonchev–Trinajstić information content (AvgIpc) is 3.36. The van der Waals surface area contributed by atoms with Gasteiger partial charge in [0.05, 0.1) is 23.5 Å². The van der Waals surface area contributed by atoms with E-state index in [1.807, 2.05) is 22.9 Å². The lowest BCUT2D eigenvalue weighted by Crippen LogP contribution is -2.25. The third-order valence-corrected chi connectivity index (χ3v) is 4.84. The Labute approximate surface area is 146 Å². The molecule has 1 saturated heterocycles. The van der Waals surface area contributed by atoms with Gasteiger partial charge in [-0.2, -0.15) is 10.2 Å². The van der Waals surface area contributed by atoms with Gasteiger partial charge < -0.3 is 4.74 Å². The van der Waals surface area contributed by atoms with Crippen molar-refractivity contribution in [3.63, 3.8) is 0 Å². The van der Waals surface area contributed by atoms with Gasteiger partial charge >= 0.3 is 0 Å². The van der Waals surface area contributed by atoms with Gasteiger partial charge in [-0.1, -0.05) is 18.2 Å². The maximum atomic E-state index is 5.59. The van der Waals surface area contributed by atoms with Crippen molar-refractivity contribution in [1.82, 2.24) is 29.9 Å². The molecular formula is C18H22N6O. The summed E-state index contributed by atoms with van der Waals surface area (Å²) in [5.41, 5.74) is 3.32. The van der Waals surface area contributed by atoms with Crippen LogP contribution in [0.4, 0.5) is 0 Å². The van der Waals surface area contributed by atoms with E-state index in [0.29, 0.717) is 0 Å². The Hall–Kier alpha value is -2.51. The number of nitrogens with one attached hydrogen (secondary N) is 1. The van der Waals surface area contributed by atoms with Crippen LogP contribution in [0.5, 0.6) is 0 Å². The van der Waals surface area contributed by atoms with E-state index in [1.165, 1.54) is 5.56 Å². The van der Waals surface area contributed by atoms with E-state index in [9.17, 15) is 0 Å². The molecule has 7 heteroatoms. The van der Waals surface area contributed by atoms with Crippen molar-refractivity contribution in [3.8, 4) is 5.69 Å². The molecule has 1 fully saturated rings. The molecule has 7 nitrogen and oxygen atoms in total. The number of nitrogens with zero attached hydrogens (tertiary/aromatic N) is 5. The smallest absolute Gasteiger partial charge is 0.141 e. The Balaban J connectivity index is 1.57. The van der Waals surface area contributed by atoms with Crippen LogP contribution in [-0.4, -0.2) is 49.6 Å². The van der Waals surface area contributed by atoms with Gasteiger partial charge in [0.1, 0.15) is 12.2 Å². The Morgan fingerprint density at radius 3 is 2.84 bits per heavy atom. The summed E-state index contributed by atoms with van der Waals surface area (Å²) in [6.45, 7) is 3.74. The van der Waals surface area contributed by atoms with Gasteiger partial charge in [-0.15, -0.1) is 0 Å². The van der Waals surface area contributed by atoms with Gasteiger partial charge in [0.15, 0.2) is 0 Å². The zero-order chi connectivity index (χ0) is 17.2. The molecule has 0 bridgehead atoms. The SMILES string of the molecule is CO[C@@H]1C[C@@H](c2ncn[nH]2)N(Cc2cn(-c3ccccc3)nc2C)C1. The second-order valence-electron chi connectivity index (χ2n) is 6.43. The number of aromatic nitrogens is 5. The normalized spacial score (nSPS) is 21.0. The Morgan fingerprint density at radius 2 is 2.12 bits per heavy atom. The van der Waals surface area contributed by atoms with Crippen molar-refractivity contribution >= 4 is 0 Å². The number of benzene rings is 1. The summed E-state index contributed by atoms with van der Waals surface area (Å²) < 4.78 is 7.53. The minimum Gasteiger partial charge on any atom is -0.380 e. The number of rotatable bonds is 5. The Morgan fingerprint density at radius 1 is 1.28 bits per heavy atom. The summed E-state index contributed by atoms with van der Waals surface area (Å²) in [5.74, 6) is 0.896. The van der Waals surface area contributed by atoms with Crippen LogP contribution < -0.4 is 0 Å². The zero-order valence-corrected chi connectivity index (χ0v) is 14.5. The van der Waals surface area contributed by atoms with Crippen molar-refractivity contribution in [2.24, 2.45) is 0 Å². The van der Waals surface area contributed by atoms with Gasteiger partial charge in [0.2, 0.25) is 0 Å². The third kappa shape index (κ3) is 3.20. The van der Waals surface area contributed by atoms with E-state index in [4.69, 9.17) is 4.74 Å². The summed E-state index contributed by atoms with van der Waals surface area (Å²) in [6, 6.07) is 10.4. The standard InChI is InChI=1S/C18H22N6O/c1-13-14(10-24(22-13)15-6-4-3-5-7-15)9-23-11-16(25-2)8-17(23)18-19-12-20-21-18/h3-7,10,12,16-17H,8-9,11H2,1-2H3,(H,19,20,21)/t16-,17+/m1/s1. The number of aromatic amines is 1. The molecule has 3 aromatic rings. The van der Waals surface area contributed by atoms with Gasteiger partial charge in [0.25, 0.3) is 0 Å². The van der Waals surface area contributed by atoms with E-state index < -0.39 is 0 Å². The number of hydrogen-bond donors (Lipinski definition) is 1. The van der Waals surface area contributed by atoms with E-state index in [0.717, 1.165) is 36.7 Å². The van der Waals surface area contributed by atoms with E-state index in [-0.39, 0.29) is 12.1 Å². The first kappa shape index (κ1) is 16.0. The summed E-state index contributed by atoms with van der Waals surface area (Å²) in [6.07, 6.45) is 4.80. The molecule has 0 spiro atoms. The molecular weight excluding hydrogens is 316 g/mol. The Kier molecular flexibility index (Phi) is 4.33. The zero-order valence-electron chi connectivity index (χ0n) is 14.5. The molecule has 0 aliphatic carbocycles. The fourth-order valence-corrected chi connectivity index (χ4v) is 3.45. The second-order valence-corrected chi connectivity index (χ2v) is 6.43. The molecule has 0 unspecified atom stereocenters. The minimum atomic E-state index is 0.187. The largest absolute Gasteiger partial charge is 0.380 e. The van der Waals surface area contributed by atoms with Gasteiger partial charge in [-0.05, 0) is 25.5 Å². The van der Waals surface area contributed by atoms with Gasteiger partial charge in [-0.25, -0.2) is 9.67 Å². The highest BCUT2D eigenvalue weighted by atomic mass is 16.5. The van der Waals surface area contributed by atoms with Crippen molar-refractivity contribution in [3.05, 3.63) is 59.9 Å². The van der Waals surface area contributed by atoms with Crippen molar-refractivity contribution in [2.45, 2.75) is 32.0 Å². The lowest BCUT2D eigenvalue weighted by molar-refractivity contribution is 0.107. The first-order valence-corrected chi connectivity index (χ1v) is 8.47. The molecule has 1 N–H and O–H groups in total. The second kappa shape index (κ2) is 6.78. The highest BCUT2D eigenvalue weighted by molar-refractivity contribution is 5.32. The van der Waals surface area contributed by atoms with Crippen molar-refractivity contribution in [1.29, 1.82) is 0 Å². The molecule has 25 heavy (non-hydrogen) atoms. The summed E-state index contributed by atoms with van der Waals surface area (Å²) >= 11 is 0. The first-order chi connectivity index (χ1) is 12.2. The van der Waals surface area contributed by atoms with Crippen LogP contribution in [0.2, 0.25) is 0 Å². The molecule has 1 aromatic carbocycles. The van der Waals surface area contributed by atoms with E-state index in [1.54, 1.807) is 13.4 Å². The predicted octanol–water partition coefficient (Wildman–Crippen LogP) is 2.26. The molecule has 130 valence electrons. The van der Waals surface area contributed by atoms with Gasteiger partial charge in [-0.3, -0.25) is 10.00 Å². The molecule has 0 saturated carbocycles. The maximum Gasteiger partial charge on any atom is 0.141 e. The fraction of sp³-hybridized carbons (Fsp3) is 0.389. The van der Waals surface area contributed by atoms with Crippen LogP contribution in [-0.2, 0) is 11.3 Å². The molecule has 3 heterocycles. The molecule has 1 aliphatic rings. The number of likely N-dealkylation sites (tertiary alicyclic amines) is 1. The molecule has 1 aliphatic heterocycles. The lowest BCUT2D eigenvalue weighted by atomic mass is 10.1. The van der Waals surface area contributed by atoms with Crippen LogP contribution in [0.3, 0.4) is 0 Å². The summed E-state index contributed by atoms with van der Waals surface area (Å²) in [4.78, 5) is 6.73. The predicted molar refractivity (Wildman–Crippen MR) is 93.2 cm³/mol. The van der Waals surface area contributed by atoms with Crippen LogP contribution in [0.25, 0.3) is 5.69 Å². The third-order valence-electron chi connectivity index (χ3n) is 4.84. The number of ether oxygens (including phenoxy) is 1. The lowest BCUT2D eigenvalue weighted by Gasteiger charge is -2.21. The van der Waals surface area contributed by atoms with E-state index in [2.05, 4.69) is 50.4 Å². The van der Waals surface area contributed by atoms with Crippen molar-refractivity contribution in [2.75, 3.05) is 13.7 Å². The van der Waals surface area contributed by atoms with Crippen molar-refractivity contribution < 1.29 is 4.74 Å². The number of aryl methyl sites for hydroxylation is 1. The Bertz CT molecular complexity index is 813. The molecule has 2 atom stereocenters. The maximum absolute atomic E-state index is 5.59. The fourth-order valence-electron chi connectivity index (χ4n) is 3.45. The van der Waals surface area contributed by atoms with Gasteiger partial charge in [0, 0.05) is 32.0 Å². The topological polar surface area (TPSA) is 71.9 Å². The number of H-pyrrole nitrogens is 1. The molecule has 2 aromatic heterocycles. The highest BCUT2D eigenvalue weighted by Crippen LogP contribution is 2.33. The summed E-state index contributed by atoms with van der Waals surface area (Å²) in [5, 5.41) is 11.7. The number of hydrogen-bond acceptors (Lipinski definition) is 5. The van der Waals surface area contributed by atoms with E-state index >= 15 is 0 Å². The van der Waals surface area contributed by atoms with Crippen LogP contribution in [0.1, 0.15) is 29.5 Å². The number of methoxy groups -OCH3 is 1. The quantitative estimate of drug-likeness (QED) is 0.772. The highest BCUT2D eigenvalue weighted by Gasteiger charge is 2.35. The minimum absolute atomic E-state index is 0.187. The van der Waals surface area contributed by atoms with Crippen LogP contribution in [0.15, 0.2) is 42.9 Å². The first-order valence-electron chi connectivity index (χ1n) is 8.47. The monoisotopic (exact) mass is 338 g/mol. The molecule has 4 rings (SSSR count). The van der Waals surface area contributed by atoms with Crippen LogP contribution >= 0.6 is 0 Å². The number of para-hydroxylation sites is 1. The molecule has 0 radical (unpaired) electrons. The summed E-state index contributed by atoms with van der Waals surface area (Å²) in [7, 11) is 1.77.